The molecule has 0 aromatic carbocycles. The van der Waals surface area contributed by atoms with Gasteiger partial charge in [0.05, 0.1) is 6.42 Å². The van der Waals surface area contributed by atoms with Crippen molar-refractivity contribution in [3.8, 4) is 0 Å². The number of thioether (sulfide) groups is 1. The zero-order chi connectivity index (χ0) is 15.2. The first kappa shape index (κ1) is 17.1. The van der Waals surface area contributed by atoms with Gasteiger partial charge in [-0.3, -0.25) is 4.79 Å². The monoisotopic (exact) mass is 302 g/mol. The number of carboxylic acids is 1. The molecule has 1 unspecified atom stereocenters. The molecule has 0 aromatic heterocycles. The lowest BCUT2D eigenvalue weighted by molar-refractivity contribution is -0.138. The molecule has 0 bridgehead atoms. The van der Waals surface area contributed by atoms with Gasteiger partial charge in [-0.2, -0.15) is 11.8 Å². The highest BCUT2D eigenvalue weighted by atomic mass is 32.2. The molecule has 1 rings (SSSR count). The van der Waals surface area contributed by atoms with Crippen LogP contribution in [0, 0.1) is 0 Å². The molecule has 2 N–H and O–H groups in total. The molecule has 5 nitrogen and oxygen atoms in total. The number of urea groups is 1. The Labute approximate surface area is 125 Å². The van der Waals surface area contributed by atoms with Crippen LogP contribution < -0.4 is 5.32 Å². The first-order valence-corrected chi connectivity index (χ1v) is 8.48. The van der Waals surface area contributed by atoms with Crippen LogP contribution in [0.3, 0.4) is 0 Å². The van der Waals surface area contributed by atoms with Crippen LogP contribution in [0.2, 0.25) is 0 Å². The van der Waals surface area contributed by atoms with Gasteiger partial charge in [-0.15, -0.1) is 0 Å². The minimum Gasteiger partial charge on any atom is -0.481 e. The van der Waals surface area contributed by atoms with Crippen LogP contribution in [0.4, 0.5) is 4.79 Å². The van der Waals surface area contributed by atoms with Crippen molar-refractivity contribution in [1.29, 1.82) is 0 Å². The first-order chi connectivity index (χ1) is 9.44. The lowest BCUT2D eigenvalue weighted by Crippen LogP contribution is -2.49. The average molecular weight is 302 g/mol. The van der Waals surface area contributed by atoms with E-state index in [1.54, 1.807) is 11.8 Å². The molecule has 0 radical (unpaired) electrons. The first-order valence-electron chi connectivity index (χ1n) is 7.25. The number of rotatable bonds is 7. The number of aliphatic carboxylic acids is 1. The molecular formula is C14H26N2O3S. The lowest BCUT2D eigenvalue weighted by atomic mass is 10.1. The van der Waals surface area contributed by atoms with Crippen molar-refractivity contribution in [2.24, 2.45) is 0 Å². The quantitative estimate of drug-likeness (QED) is 0.758. The maximum Gasteiger partial charge on any atom is 0.317 e. The summed E-state index contributed by atoms with van der Waals surface area (Å²) in [6.45, 7) is 4.84. The van der Waals surface area contributed by atoms with E-state index < -0.39 is 5.97 Å². The smallest absolute Gasteiger partial charge is 0.317 e. The molecule has 0 saturated heterocycles. The van der Waals surface area contributed by atoms with Crippen LogP contribution in [0.15, 0.2) is 0 Å². The summed E-state index contributed by atoms with van der Waals surface area (Å²) in [6, 6.07) is -0.437. The van der Waals surface area contributed by atoms with Crippen LogP contribution in [0.25, 0.3) is 0 Å². The second-order valence-corrected chi connectivity index (χ2v) is 6.76. The standard InChI is InChI=1S/C14H26N2O3S/c1-4-16(11(2)9-12(17)18)13(19)15-10-14(20-3)7-5-6-8-14/h11H,4-10H2,1-3H3,(H,15,19)(H,17,18). The largest absolute Gasteiger partial charge is 0.481 e. The van der Waals surface area contributed by atoms with Gasteiger partial charge in [-0.05, 0) is 32.9 Å². The van der Waals surface area contributed by atoms with E-state index in [-0.39, 0.29) is 23.2 Å². The van der Waals surface area contributed by atoms with E-state index in [1.165, 1.54) is 12.8 Å². The van der Waals surface area contributed by atoms with Gasteiger partial charge in [-0.1, -0.05) is 12.8 Å². The number of nitrogens with zero attached hydrogens (tertiary/aromatic N) is 1. The number of hydrogen-bond acceptors (Lipinski definition) is 3. The fraction of sp³-hybridized carbons (Fsp3) is 0.857. The zero-order valence-electron chi connectivity index (χ0n) is 12.6. The molecule has 2 amide bonds. The normalized spacial score (nSPS) is 18.6. The van der Waals surface area contributed by atoms with E-state index in [0.717, 1.165) is 12.8 Å². The van der Waals surface area contributed by atoms with E-state index in [0.29, 0.717) is 13.1 Å². The Kier molecular flexibility index (Phi) is 6.65. The number of nitrogens with one attached hydrogen (secondary N) is 1. The molecule has 1 saturated carbocycles. The number of hydrogen-bond donors (Lipinski definition) is 2. The number of carbonyl (C=O) groups excluding carboxylic acids is 1. The summed E-state index contributed by atoms with van der Waals surface area (Å²) in [7, 11) is 0. The van der Waals surface area contributed by atoms with Crippen LogP contribution in [-0.4, -0.2) is 52.1 Å². The number of amides is 2. The van der Waals surface area contributed by atoms with Crippen molar-refractivity contribution in [3.05, 3.63) is 0 Å². The molecule has 1 atom stereocenters. The lowest BCUT2D eigenvalue weighted by Gasteiger charge is -2.31. The second-order valence-electron chi connectivity index (χ2n) is 5.49. The van der Waals surface area contributed by atoms with Crippen LogP contribution >= 0.6 is 11.8 Å². The Hall–Kier alpha value is -0.910. The van der Waals surface area contributed by atoms with Crippen LogP contribution in [0.5, 0.6) is 0 Å². The van der Waals surface area contributed by atoms with E-state index in [1.807, 2.05) is 18.7 Å². The third kappa shape index (κ3) is 4.58. The van der Waals surface area contributed by atoms with Crippen molar-refractivity contribution in [2.45, 2.75) is 56.7 Å². The topological polar surface area (TPSA) is 69.6 Å². The van der Waals surface area contributed by atoms with E-state index >= 15 is 0 Å². The summed E-state index contributed by atoms with van der Waals surface area (Å²) in [6.07, 6.45) is 6.82. The van der Waals surface area contributed by atoms with Gasteiger partial charge in [0, 0.05) is 23.9 Å². The van der Waals surface area contributed by atoms with Gasteiger partial charge in [0.15, 0.2) is 0 Å². The van der Waals surface area contributed by atoms with Gasteiger partial charge < -0.3 is 15.3 Å². The van der Waals surface area contributed by atoms with Crippen molar-refractivity contribution in [2.75, 3.05) is 19.3 Å². The Morgan fingerprint density at radius 2 is 2.00 bits per heavy atom. The molecule has 0 aliphatic heterocycles. The maximum absolute atomic E-state index is 12.2. The molecular weight excluding hydrogens is 276 g/mol. The summed E-state index contributed by atoms with van der Waals surface area (Å²) in [5, 5.41) is 11.8. The van der Waals surface area contributed by atoms with Crippen LogP contribution in [-0.2, 0) is 4.79 Å². The van der Waals surface area contributed by atoms with Crippen molar-refractivity contribution in [3.63, 3.8) is 0 Å². The Balaban J connectivity index is 2.52. The highest BCUT2D eigenvalue weighted by Gasteiger charge is 2.34. The number of carbonyl (C=O) groups is 2. The van der Waals surface area contributed by atoms with Crippen molar-refractivity contribution < 1.29 is 14.7 Å². The molecule has 6 heteroatoms. The molecule has 0 aromatic rings. The summed E-state index contributed by atoms with van der Waals surface area (Å²) >= 11 is 1.83. The Morgan fingerprint density at radius 3 is 2.45 bits per heavy atom. The van der Waals surface area contributed by atoms with Gasteiger partial charge >= 0.3 is 12.0 Å². The molecule has 0 spiro atoms. The minimum absolute atomic E-state index is 0.0189. The van der Waals surface area contributed by atoms with E-state index in [9.17, 15) is 9.59 Å². The predicted molar refractivity (Wildman–Crippen MR) is 82.2 cm³/mol. The number of carboxylic acid groups (broad SMARTS) is 1. The average Bonchev–Trinajstić information content (AvgIpc) is 2.86. The Bertz CT molecular complexity index is 343. The zero-order valence-corrected chi connectivity index (χ0v) is 13.5. The van der Waals surface area contributed by atoms with E-state index in [2.05, 4.69) is 11.6 Å². The summed E-state index contributed by atoms with van der Waals surface area (Å²) in [5.74, 6) is -0.875. The van der Waals surface area contributed by atoms with E-state index in [4.69, 9.17) is 5.11 Å². The molecule has 20 heavy (non-hydrogen) atoms. The van der Waals surface area contributed by atoms with Gasteiger partial charge in [-0.25, -0.2) is 4.79 Å². The fourth-order valence-corrected chi connectivity index (χ4v) is 3.74. The van der Waals surface area contributed by atoms with Crippen LogP contribution in [0.1, 0.15) is 46.0 Å². The molecule has 1 aliphatic carbocycles. The highest BCUT2D eigenvalue weighted by molar-refractivity contribution is 8.00. The summed E-state index contributed by atoms with van der Waals surface area (Å²) < 4.78 is 0.172. The molecule has 116 valence electrons. The van der Waals surface area contributed by atoms with Crippen molar-refractivity contribution >= 4 is 23.8 Å². The summed E-state index contributed by atoms with van der Waals surface area (Å²) in [4.78, 5) is 24.6. The molecule has 1 aliphatic rings. The SMILES string of the molecule is CCN(C(=O)NCC1(SC)CCCC1)C(C)CC(=O)O. The predicted octanol–water partition coefficient (Wildman–Crippen LogP) is 2.56. The van der Waals surface area contributed by atoms with Gasteiger partial charge in [0.25, 0.3) is 0 Å². The highest BCUT2D eigenvalue weighted by Crippen LogP contribution is 2.39. The summed E-state index contributed by atoms with van der Waals surface area (Å²) in [5.41, 5.74) is 0. The van der Waals surface area contributed by atoms with Gasteiger partial charge in [0.1, 0.15) is 0 Å². The fourth-order valence-electron chi connectivity index (χ4n) is 2.83. The minimum atomic E-state index is -0.875. The Morgan fingerprint density at radius 1 is 1.40 bits per heavy atom. The molecule has 1 fully saturated rings. The molecule has 0 heterocycles. The third-order valence-corrected chi connectivity index (χ3v) is 5.53. The maximum atomic E-state index is 12.2. The van der Waals surface area contributed by atoms with Crippen molar-refractivity contribution in [1.82, 2.24) is 10.2 Å². The van der Waals surface area contributed by atoms with Gasteiger partial charge in [0.2, 0.25) is 0 Å². The second kappa shape index (κ2) is 7.76. The third-order valence-electron chi connectivity index (χ3n) is 4.11.